The van der Waals surface area contributed by atoms with Crippen molar-refractivity contribution in [2.75, 3.05) is 18.5 Å². The number of nitrogens with one attached hydrogen (secondary N) is 1. The number of thioether (sulfide) groups is 1. The van der Waals surface area contributed by atoms with Crippen molar-refractivity contribution in [3.8, 4) is 0 Å². The van der Waals surface area contributed by atoms with Gasteiger partial charge in [-0.3, -0.25) is 0 Å². The highest BCUT2D eigenvalue weighted by Crippen LogP contribution is 2.27. The fourth-order valence-corrected chi connectivity index (χ4v) is 3.84. The number of ether oxygens (including phenoxy) is 1. The zero-order valence-electron chi connectivity index (χ0n) is 14.3. The Labute approximate surface area is 156 Å². The highest BCUT2D eigenvalue weighted by Gasteiger charge is 2.16. The molecule has 6 heteroatoms. The number of para-hydroxylation sites is 1. The van der Waals surface area contributed by atoms with E-state index >= 15 is 0 Å². The Bertz CT molecular complexity index is 899. The standard InChI is InChI=1S/C20H20FN3OS/c21-15-6-3-5-14(11-15)13-26-20-23-18-9-2-1-8-17(18)19(24-20)22-12-16-7-4-10-25-16/h1-3,5-6,8-9,11,16H,4,7,10,12-13H2,(H,22,23,24). The molecule has 0 amide bonds. The molecule has 134 valence electrons. The van der Waals surface area contributed by atoms with Crippen LogP contribution in [0.1, 0.15) is 18.4 Å². The van der Waals surface area contributed by atoms with E-state index < -0.39 is 0 Å². The third-order valence-corrected chi connectivity index (χ3v) is 5.28. The summed E-state index contributed by atoms with van der Waals surface area (Å²) in [7, 11) is 0. The number of fused-ring (bicyclic) bond motifs is 1. The smallest absolute Gasteiger partial charge is 0.190 e. The van der Waals surface area contributed by atoms with E-state index in [9.17, 15) is 4.39 Å². The maximum Gasteiger partial charge on any atom is 0.190 e. The first-order chi connectivity index (χ1) is 12.8. The minimum atomic E-state index is -0.221. The van der Waals surface area contributed by atoms with Gasteiger partial charge >= 0.3 is 0 Å². The lowest BCUT2D eigenvalue weighted by molar-refractivity contribution is 0.120. The Morgan fingerprint density at radius 1 is 1.15 bits per heavy atom. The lowest BCUT2D eigenvalue weighted by Gasteiger charge is -2.14. The lowest BCUT2D eigenvalue weighted by Crippen LogP contribution is -2.19. The van der Waals surface area contributed by atoms with Crippen molar-refractivity contribution in [1.82, 2.24) is 9.97 Å². The van der Waals surface area contributed by atoms with E-state index in [-0.39, 0.29) is 11.9 Å². The van der Waals surface area contributed by atoms with Crippen LogP contribution in [0.25, 0.3) is 10.9 Å². The summed E-state index contributed by atoms with van der Waals surface area (Å²) in [5.41, 5.74) is 1.82. The molecule has 0 radical (unpaired) electrons. The van der Waals surface area contributed by atoms with Crippen LogP contribution in [0, 0.1) is 5.82 Å². The summed E-state index contributed by atoms with van der Waals surface area (Å²) in [5, 5.41) is 5.11. The van der Waals surface area contributed by atoms with Crippen LogP contribution in [0.15, 0.2) is 53.7 Å². The first-order valence-electron chi connectivity index (χ1n) is 8.77. The van der Waals surface area contributed by atoms with Gasteiger partial charge in [-0.2, -0.15) is 0 Å². The van der Waals surface area contributed by atoms with Crippen LogP contribution >= 0.6 is 11.8 Å². The van der Waals surface area contributed by atoms with Crippen molar-refractivity contribution < 1.29 is 9.13 Å². The van der Waals surface area contributed by atoms with E-state index in [4.69, 9.17) is 9.72 Å². The van der Waals surface area contributed by atoms with Crippen LogP contribution in [0.2, 0.25) is 0 Å². The molecule has 3 aromatic rings. The van der Waals surface area contributed by atoms with Crippen LogP contribution in [-0.2, 0) is 10.5 Å². The van der Waals surface area contributed by atoms with Crippen molar-refractivity contribution in [3.05, 3.63) is 59.9 Å². The summed E-state index contributed by atoms with van der Waals surface area (Å²) < 4.78 is 19.0. The van der Waals surface area contributed by atoms with Crippen molar-refractivity contribution >= 4 is 28.5 Å². The fourth-order valence-electron chi connectivity index (χ4n) is 3.05. The molecule has 0 bridgehead atoms. The quantitative estimate of drug-likeness (QED) is 0.506. The normalized spacial score (nSPS) is 16.9. The SMILES string of the molecule is Fc1cccc(CSc2nc(NCC3CCCO3)c3ccccc3n2)c1. The molecule has 26 heavy (non-hydrogen) atoms. The van der Waals surface area contributed by atoms with Crippen molar-refractivity contribution in [1.29, 1.82) is 0 Å². The molecule has 1 aliphatic heterocycles. The van der Waals surface area contributed by atoms with Gasteiger partial charge in [0.15, 0.2) is 5.16 Å². The van der Waals surface area contributed by atoms with Crippen molar-refractivity contribution in [2.24, 2.45) is 0 Å². The molecule has 0 saturated carbocycles. The van der Waals surface area contributed by atoms with Gasteiger partial charge in [0.05, 0.1) is 11.6 Å². The van der Waals surface area contributed by atoms with Gasteiger partial charge in [-0.25, -0.2) is 14.4 Å². The number of hydrogen-bond acceptors (Lipinski definition) is 5. The highest BCUT2D eigenvalue weighted by molar-refractivity contribution is 7.98. The number of aromatic nitrogens is 2. The average Bonchev–Trinajstić information content (AvgIpc) is 3.18. The number of benzene rings is 2. The Hall–Kier alpha value is -2.18. The maximum absolute atomic E-state index is 13.4. The van der Waals surface area contributed by atoms with Crippen LogP contribution < -0.4 is 5.32 Å². The number of hydrogen-bond donors (Lipinski definition) is 1. The first kappa shape index (κ1) is 17.2. The number of nitrogens with zero attached hydrogens (tertiary/aromatic N) is 2. The maximum atomic E-state index is 13.4. The van der Waals surface area contributed by atoms with E-state index in [1.54, 1.807) is 12.1 Å². The molecule has 1 N–H and O–H groups in total. The Morgan fingerprint density at radius 2 is 2.08 bits per heavy atom. The second-order valence-corrected chi connectivity index (χ2v) is 7.25. The topological polar surface area (TPSA) is 47.0 Å². The van der Waals surface area contributed by atoms with E-state index in [0.29, 0.717) is 10.9 Å². The van der Waals surface area contributed by atoms with Gasteiger partial charge in [-0.15, -0.1) is 0 Å². The van der Waals surface area contributed by atoms with Gasteiger partial charge < -0.3 is 10.1 Å². The predicted molar refractivity (Wildman–Crippen MR) is 103 cm³/mol. The molecule has 4 rings (SSSR count). The summed E-state index contributed by atoms with van der Waals surface area (Å²) in [6.45, 7) is 1.58. The van der Waals surface area contributed by atoms with Crippen molar-refractivity contribution in [2.45, 2.75) is 29.9 Å². The third kappa shape index (κ3) is 4.14. The average molecular weight is 369 g/mol. The monoisotopic (exact) mass is 369 g/mol. The van der Waals surface area contributed by atoms with E-state index in [1.807, 2.05) is 30.3 Å². The minimum Gasteiger partial charge on any atom is -0.376 e. The molecule has 2 heterocycles. The van der Waals surface area contributed by atoms with Crippen LogP contribution in [0.5, 0.6) is 0 Å². The summed E-state index contributed by atoms with van der Waals surface area (Å²) in [5.74, 6) is 1.23. The summed E-state index contributed by atoms with van der Waals surface area (Å²) in [6, 6.07) is 14.6. The second kappa shape index (κ2) is 8.01. The van der Waals surface area contributed by atoms with Crippen molar-refractivity contribution in [3.63, 3.8) is 0 Å². The minimum absolute atomic E-state index is 0.221. The van der Waals surface area contributed by atoms with Gasteiger partial charge in [0, 0.05) is 24.3 Å². The van der Waals surface area contributed by atoms with Gasteiger partial charge in [-0.05, 0) is 42.7 Å². The van der Waals surface area contributed by atoms with Gasteiger partial charge in [0.25, 0.3) is 0 Å². The molecule has 1 aromatic heterocycles. The highest BCUT2D eigenvalue weighted by atomic mass is 32.2. The molecular weight excluding hydrogens is 349 g/mol. The first-order valence-corrected chi connectivity index (χ1v) is 9.76. The van der Waals surface area contributed by atoms with E-state index in [1.165, 1.54) is 17.8 Å². The van der Waals surface area contributed by atoms with Crippen LogP contribution in [0.3, 0.4) is 0 Å². The Morgan fingerprint density at radius 3 is 2.92 bits per heavy atom. The van der Waals surface area contributed by atoms with Crippen LogP contribution in [0.4, 0.5) is 10.2 Å². The molecule has 1 atom stereocenters. The molecule has 1 unspecified atom stereocenters. The van der Waals surface area contributed by atoms with Gasteiger partial charge in [0.1, 0.15) is 11.6 Å². The molecule has 4 nitrogen and oxygen atoms in total. The molecular formula is C20H20FN3OS. The van der Waals surface area contributed by atoms with Crippen LogP contribution in [-0.4, -0.2) is 29.2 Å². The zero-order chi connectivity index (χ0) is 17.8. The molecule has 0 aliphatic carbocycles. The molecule has 0 spiro atoms. The van der Waals surface area contributed by atoms with E-state index in [0.717, 1.165) is 48.3 Å². The summed E-state index contributed by atoms with van der Waals surface area (Å²) in [6.07, 6.45) is 2.44. The Balaban J connectivity index is 1.54. The number of rotatable bonds is 6. The largest absolute Gasteiger partial charge is 0.376 e. The molecule has 2 aromatic carbocycles. The van der Waals surface area contributed by atoms with E-state index in [2.05, 4.69) is 10.3 Å². The molecule has 1 saturated heterocycles. The summed E-state index contributed by atoms with van der Waals surface area (Å²) >= 11 is 1.51. The Kier molecular flexibility index (Phi) is 5.32. The number of anilines is 1. The third-order valence-electron chi connectivity index (χ3n) is 4.36. The lowest BCUT2D eigenvalue weighted by atomic mass is 10.2. The molecule has 1 aliphatic rings. The van der Waals surface area contributed by atoms with Gasteiger partial charge in [0.2, 0.25) is 0 Å². The number of halogens is 1. The molecule has 1 fully saturated rings. The predicted octanol–water partition coefficient (Wildman–Crippen LogP) is 4.65. The fraction of sp³-hybridized carbons (Fsp3) is 0.300. The zero-order valence-corrected chi connectivity index (χ0v) is 15.1. The summed E-state index contributed by atoms with van der Waals surface area (Å²) in [4.78, 5) is 9.33. The second-order valence-electron chi connectivity index (χ2n) is 6.31. The van der Waals surface area contributed by atoms with Gasteiger partial charge in [-0.1, -0.05) is 36.0 Å².